The third kappa shape index (κ3) is 3.01. The van der Waals surface area contributed by atoms with E-state index in [9.17, 15) is 9.90 Å². The highest BCUT2D eigenvalue weighted by Crippen LogP contribution is 2.67. The van der Waals surface area contributed by atoms with Crippen LogP contribution in [0.2, 0.25) is 0 Å². The summed E-state index contributed by atoms with van der Waals surface area (Å²) in [6, 6.07) is 0. The molecule has 0 radical (unpaired) electrons. The predicted octanol–water partition coefficient (Wildman–Crippen LogP) is 5.61. The van der Waals surface area contributed by atoms with Gasteiger partial charge in [-0.15, -0.1) is 0 Å². The summed E-state index contributed by atoms with van der Waals surface area (Å²) in [6.45, 7) is 10.2. The molecular weight excluding hydrogens is 370 g/mol. The quantitative estimate of drug-likeness (QED) is 0.600. The molecule has 3 fully saturated rings. The van der Waals surface area contributed by atoms with E-state index in [4.69, 9.17) is 4.99 Å². The van der Waals surface area contributed by atoms with E-state index in [-0.39, 0.29) is 12.0 Å². The highest BCUT2D eigenvalue weighted by atomic mass is 16.3. The normalized spacial score (nSPS) is 49.4. The highest BCUT2D eigenvalue weighted by Gasteiger charge is 2.59. The minimum atomic E-state index is -0.117. The monoisotopic (exact) mass is 411 g/mol. The Morgan fingerprint density at radius 2 is 1.93 bits per heavy atom. The fraction of sp³-hybridized carbons (Fsp3) is 0.852. The zero-order valence-electron chi connectivity index (χ0n) is 19.5. The first-order valence-electron chi connectivity index (χ1n) is 12.7. The van der Waals surface area contributed by atoms with Crippen molar-refractivity contribution >= 4 is 11.5 Å². The first-order valence-corrected chi connectivity index (χ1v) is 12.7. The molecule has 1 N–H and O–H groups in total. The summed E-state index contributed by atoms with van der Waals surface area (Å²) in [5.41, 5.74) is 3.48. The van der Waals surface area contributed by atoms with Gasteiger partial charge in [-0.25, -0.2) is 0 Å². The molecule has 30 heavy (non-hydrogen) atoms. The second-order valence-corrected chi connectivity index (χ2v) is 12.0. The topological polar surface area (TPSA) is 49.7 Å². The summed E-state index contributed by atoms with van der Waals surface area (Å²) < 4.78 is 0. The third-order valence-electron chi connectivity index (χ3n) is 10.8. The van der Waals surface area contributed by atoms with E-state index in [1.165, 1.54) is 44.2 Å². The summed E-state index contributed by atoms with van der Waals surface area (Å²) in [5, 5.41) is 10.2. The number of allylic oxidation sites excluding steroid dienone is 1. The smallest absolute Gasteiger partial charge is 0.143 e. The largest absolute Gasteiger partial charge is 0.393 e. The molecule has 0 aromatic heterocycles. The van der Waals surface area contributed by atoms with Crippen molar-refractivity contribution in [2.24, 2.45) is 51.3 Å². The van der Waals surface area contributed by atoms with Crippen molar-refractivity contribution < 1.29 is 9.90 Å². The Bertz CT molecular complexity index is 784. The maximum absolute atomic E-state index is 12.4. The number of carbonyl (C=O) groups excluding carboxylic acids is 1. The first-order chi connectivity index (χ1) is 14.2. The fourth-order valence-electron chi connectivity index (χ4n) is 8.81. The van der Waals surface area contributed by atoms with Crippen molar-refractivity contribution in [1.82, 2.24) is 0 Å². The molecule has 5 rings (SSSR count). The van der Waals surface area contributed by atoms with Crippen LogP contribution in [0.15, 0.2) is 16.6 Å². The average molecular weight is 412 g/mol. The Balaban J connectivity index is 1.39. The highest BCUT2D eigenvalue weighted by molar-refractivity contribution is 6.05. The molecule has 0 amide bonds. The lowest BCUT2D eigenvalue weighted by atomic mass is 9.47. The number of Topliss-reactive ketones (excluding diaryl/α,β-unsaturated/α-hetero) is 1. The van der Waals surface area contributed by atoms with Crippen LogP contribution in [-0.4, -0.2) is 29.3 Å². The molecular formula is C27H41NO2. The van der Waals surface area contributed by atoms with Gasteiger partial charge in [-0.1, -0.05) is 39.3 Å². The minimum absolute atomic E-state index is 0.112. The van der Waals surface area contributed by atoms with Gasteiger partial charge in [0.05, 0.1) is 6.10 Å². The fourth-order valence-corrected chi connectivity index (χ4v) is 8.81. The summed E-state index contributed by atoms with van der Waals surface area (Å²) in [6.07, 6.45) is 12.6. The molecule has 0 aromatic rings. The number of nitrogens with zero attached hydrogens (tertiary/aromatic N) is 1. The van der Waals surface area contributed by atoms with E-state index in [2.05, 4.69) is 26.8 Å². The maximum Gasteiger partial charge on any atom is 0.143 e. The Labute approximate surface area is 182 Å². The number of hydrogen-bond acceptors (Lipinski definition) is 3. The van der Waals surface area contributed by atoms with Gasteiger partial charge in [-0.3, -0.25) is 9.79 Å². The van der Waals surface area contributed by atoms with Crippen LogP contribution in [0.3, 0.4) is 0 Å². The van der Waals surface area contributed by atoms with Gasteiger partial charge in [0.1, 0.15) is 5.78 Å². The van der Waals surface area contributed by atoms with Gasteiger partial charge in [0.15, 0.2) is 0 Å². The molecule has 0 unspecified atom stereocenters. The van der Waals surface area contributed by atoms with Gasteiger partial charge in [-0.2, -0.15) is 0 Å². The van der Waals surface area contributed by atoms with Crippen molar-refractivity contribution in [3.63, 3.8) is 0 Å². The van der Waals surface area contributed by atoms with Gasteiger partial charge < -0.3 is 5.11 Å². The van der Waals surface area contributed by atoms with Gasteiger partial charge >= 0.3 is 0 Å². The number of carbonyl (C=O) groups is 1. The molecule has 9 atom stereocenters. The molecule has 166 valence electrons. The summed E-state index contributed by atoms with van der Waals surface area (Å²) in [5.74, 6) is 4.04. The van der Waals surface area contributed by atoms with Gasteiger partial charge in [0.25, 0.3) is 0 Å². The molecule has 0 bridgehead atoms. The lowest BCUT2D eigenvalue weighted by Crippen LogP contribution is -2.51. The molecule has 5 aliphatic rings. The molecule has 3 nitrogen and oxygen atoms in total. The number of ketones is 1. The Kier molecular flexibility index (Phi) is 5.08. The average Bonchev–Trinajstić information content (AvgIpc) is 3.07. The number of aliphatic hydroxyl groups excluding tert-OH is 1. The van der Waals surface area contributed by atoms with E-state index < -0.39 is 0 Å². The second kappa shape index (κ2) is 7.29. The van der Waals surface area contributed by atoms with E-state index in [1.54, 1.807) is 5.57 Å². The van der Waals surface area contributed by atoms with Crippen molar-refractivity contribution in [3.05, 3.63) is 11.6 Å². The predicted molar refractivity (Wildman–Crippen MR) is 121 cm³/mol. The summed E-state index contributed by atoms with van der Waals surface area (Å²) in [4.78, 5) is 17.3. The number of rotatable bonds is 2. The Morgan fingerprint density at radius 3 is 2.70 bits per heavy atom. The molecule has 0 saturated heterocycles. The van der Waals surface area contributed by atoms with Crippen LogP contribution >= 0.6 is 0 Å². The van der Waals surface area contributed by atoms with Crippen LogP contribution in [0, 0.1) is 46.3 Å². The second-order valence-electron chi connectivity index (χ2n) is 12.0. The molecule has 1 aliphatic heterocycles. The molecule has 0 aromatic carbocycles. The van der Waals surface area contributed by atoms with E-state index in [0.717, 1.165) is 30.6 Å². The lowest BCUT2D eigenvalue weighted by Gasteiger charge is -2.58. The maximum atomic E-state index is 12.4. The van der Waals surface area contributed by atoms with Gasteiger partial charge in [-0.05, 0) is 91.8 Å². The Morgan fingerprint density at radius 1 is 1.13 bits per heavy atom. The van der Waals surface area contributed by atoms with Crippen molar-refractivity contribution in [3.8, 4) is 0 Å². The lowest BCUT2D eigenvalue weighted by molar-refractivity contribution is -0.121. The summed E-state index contributed by atoms with van der Waals surface area (Å²) >= 11 is 0. The van der Waals surface area contributed by atoms with Gasteiger partial charge in [0, 0.05) is 24.6 Å². The van der Waals surface area contributed by atoms with Crippen LogP contribution in [0.1, 0.15) is 85.5 Å². The molecule has 3 saturated carbocycles. The van der Waals surface area contributed by atoms with Crippen molar-refractivity contribution in [2.75, 3.05) is 6.54 Å². The minimum Gasteiger partial charge on any atom is -0.393 e. The first kappa shape index (κ1) is 20.9. The number of aliphatic hydroxyl groups is 1. The van der Waals surface area contributed by atoms with Crippen LogP contribution in [0.4, 0.5) is 0 Å². The van der Waals surface area contributed by atoms with Gasteiger partial charge in [0.2, 0.25) is 0 Å². The standard InChI is InChI=1S/C27H41NO2/c1-16-15-28-24(14-25(16)30)17(2)21-7-8-22-20-6-5-18-13-19(29)9-11-26(18,3)23(20)10-12-27(21,22)4/h5,16-17,19-23,29H,6-15H2,1-4H3/t16-,17+,19-,20+,21-,22+,23+,26+,27+/m0/s1. The number of hydrogen-bond donors (Lipinski definition) is 1. The molecule has 4 aliphatic carbocycles. The number of fused-ring (bicyclic) bond motifs is 5. The van der Waals surface area contributed by atoms with Crippen molar-refractivity contribution in [2.45, 2.75) is 91.6 Å². The van der Waals surface area contributed by atoms with E-state index >= 15 is 0 Å². The van der Waals surface area contributed by atoms with E-state index in [0.29, 0.717) is 41.4 Å². The SMILES string of the molecule is C[C@H]1CN=C([C@H](C)[C@@H]2CC[C@@H]3[C@H]4CC=C5C[C@@H](O)CC[C@@]5(C)[C@@H]4CC[C@@]32C)CC1=O. The zero-order valence-corrected chi connectivity index (χ0v) is 19.5. The summed E-state index contributed by atoms with van der Waals surface area (Å²) in [7, 11) is 0. The Hall–Kier alpha value is -0.960. The van der Waals surface area contributed by atoms with Crippen molar-refractivity contribution in [1.29, 1.82) is 0 Å². The van der Waals surface area contributed by atoms with Crippen LogP contribution in [0.5, 0.6) is 0 Å². The molecule has 3 heteroatoms. The number of aliphatic imine (C=N–C) groups is 1. The van der Waals surface area contributed by atoms with Crippen LogP contribution in [0.25, 0.3) is 0 Å². The zero-order chi connectivity index (χ0) is 21.3. The van der Waals surface area contributed by atoms with Crippen LogP contribution < -0.4 is 0 Å². The molecule has 0 spiro atoms. The third-order valence-corrected chi connectivity index (χ3v) is 10.8. The van der Waals surface area contributed by atoms with Crippen LogP contribution in [-0.2, 0) is 4.79 Å². The van der Waals surface area contributed by atoms with E-state index in [1.807, 2.05) is 6.92 Å². The molecule has 1 heterocycles.